The molecule has 7 nitrogen and oxygen atoms in total. The molecule has 3 rings (SSSR count). The molecule has 0 aliphatic carbocycles. The van der Waals surface area contributed by atoms with Gasteiger partial charge in [0.2, 0.25) is 0 Å². The smallest absolute Gasteiger partial charge is 0.274 e. The summed E-state index contributed by atoms with van der Waals surface area (Å²) in [5.41, 5.74) is 2.74. The van der Waals surface area contributed by atoms with Crippen LogP contribution in [0.4, 0.5) is 5.69 Å². The molecule has 0 saturated carbocycles. The van der Waals surface area contributed by atoms with E-state index in [-0.39, 0.29) is 16.8 Å². The number of amides is 3. The van der Waals surface area contributed by atoms with E-state index >= 15 is 0 Å². The summed E-state index contributed by atoms with van der Waals surface area (Å²) in [5, 5.41) is 14.0. The molecular formula is C16H13N3O4. The zero-order valence-electron chi connectivity index (χ0n) is 11.9. The summed E-state index contributed by atoms with van der Waals surface area (Å²) in [7, 11) is 0. The Hall–Kier alpha value is -3.19. The van der Waals surface area contributed by atoms with Gasteiger partial charge < -0.3 is 10.6 Å². The fourth-order valence-corrected chi connectivity index (χ4v) is 2.41. The van der Waals surface area contributed by atoms with Gasteiger partial charge in [0.15, 0.2) is 0 Å². The molecule has 0 fully saturated rings. The molecule has 0 saturated heterocycles. The van der Waals surface area contributed by atoms with Crippen LogP contribution in [0.3, 0.4) is 0 Å². The second-order valence-electron chi connectivity index (χ2n) is 5.01. The fraction of sp³-hybridized carbons (Fsp3) is 0.0625. The van der Waals surface area contributed by atoms with Gasteiger partial charge in [0, 0.05) is 5.56 Å². The largest absolute Gasteiger partial charge is 0.336 e. The molecule has 3 amide bonds. The number of hydroxylamine groups is 1. The Kier molecular flexibility index (Phi) is 3.78. The van der Waals surface area contributed by atoms with Crippen molar-refractivity contribution in [1.29, 1.82) is 0 Å². The number of nitrogens with one attached hydrogen (secondary N) is 3. The van der Waals surface area contributed by atoms with Crippen molar-refractivity contribution in [1.82, 2.24) is 10.8 Å². The standard InChI is InChI=1S/C16H13N3O4/c20-14(19-23)10-6-7-11-12(8-10)17-16(22)13(18-15(11)21)9-4-2-1-3-5-9/h1-8,13,23H,(H,17,22)(H,18,21)(H,19,20)/t13-/m1/s1. The molecule has 1 heterocycles. The molecular weight excluding hydrogens is 298 g/mol. The lowest BCUT2D eigenvalue weighted by Crippen LogP contribution is -2.33. The highest BCUT2D eigenvalue weighted by atomic mass is 16.5. The van der Waals surface area contributed by atoms with E-state index in [1.54, 1.807) is 24.3 Å². The van der Waals surface area contributed by atoms with Crippen LogP contribution in [0.5, 0.6) is 0 Å². The highest BCUT2D eigenvalue weighted by Gasteiger charge is 2.29. The molecule has 1 aliphatic heterocycles. The summed E-state index contributed by atoms with van der Waals surface area (Å²) in [4.78, 5) is 36.2. The summed E-state index contributed by atoms with van der Waals surface area (Å²) < 4.78 is 0. The van der Waals surface area contributed by atoms with E-state index < -0.39 is 23.8 Å². The van der Waals surface area contributed by atoms with Crippen molar-refractivity contribution in [3.63, 3.8) is 0 Å². The minimum atomic E-state index is -0.828. The third kappa shape index (κ3) is 2.77. The third-order valence-electron chi connectivity index (χ3n) is 3.56. The Morgan fingerprint density at radius 3 is 2.52 bits per heavy atom. The molecule has 0 radical (unpaired) electrons. The van der Waals surface area contributed by atoms with Crippen molar-refractivity contribution >= 4 is 23.4 Å². The van der Waals surface area contributed by atoms with Gasteiger partial charge >= 0.3 is 0 Å². The van der Waals surface area contributed by atoms with Gasteiger partial charge in [-0.1, -0.05) is 30.3 Å². The number of hydrogen-bond acceptors (Lipinski definition) is 4. The van der Waals surface area contributed by atoms with Crippen LogP contribution in [0.15, 0.2) is 48.5 Å². The highest BCUT2D eigenvalue weighted by molar-refractivity contribution is 6.11. The lowest BCUT2D eigenvalue weighted by atomic mass is 10.1. The summed E-state index contributed by atoms with van der Waals surface area (Å²) in [6.45, 7) is 0. The van der Waals surface area contributed by atoms with Crippen molar-refractivity contribution in [2.75, 3.05) is 5.32 Å². The van der Waals surface area contributed by atoms with E-state index in [4.69, 9.17) is 5.21 Å². The number of carbonyl (C=O) groups excluding carboxylic acids is 3. The second-order valence-corrected chi connectivity index (χ2v) is 5.01. The predicted molar refractivity (Wildman–Crippen MR) is 81.0 cm³/mol. The van der Waals surface area contributed by atoms with Gasteiger partial charge in [-0.2, -0.15) is 0 Å². The Morgan fingerprint density at radius 1 is 1.09 bits per heavy atom. The van der Waals surface area contributed by atoms with Gasteiger partial charge in [-0.05, 0) is 23.8 Å². The molecule has 0 aromatic heterocycles. The molecule has 116 valence electrons. The van der Waals surface area contributed by atoms with Gasteiger partial charge in [0.1, 0.15) is 6.04 Å². The zero-order valence-corrected chi connectivity index (χ0v) is 11.9. The first-order chi connectivity index (χ1) is 11.1. The topological polar surface area (TPSA) is 108 Å². The van der Waals surface area contributed by atoms with Crippen molar-refractivity contribution in [2.45, 2.75) is 6.04 Å². The molecule has 0 unspecified atom stereocenters. The van der Waals surface area contributed by atoms with Crippen LogP contribution in [0, 0.1) is 0 Å². The predicted octanol–water partition coefficient (Wildman–Crippen LogP) is 1.23. The SMILES string of the molecule is O=C(NO)c1ccc2c(c1)NC(=O)[C@@H](c1ccccc1)NC2=O. The van der Waals surface area contributed by atoms with E-state index in [2.05, 4.69) is 10.6 Å². The normalized spacial score (nSPS) is 16.7. The molecule has 23 heavy (non-hydrogen) atoms. The lowest BCUT2D eigenvalue weighted by molar-refractivity contribution is -0.118. The number of benzene rings is 2. The van der Waals surface area contributed by atoms with Crippen LogP contribution in [-0.4, -0.2) is 22.9 Å². The van der Waals surface area contributed by atoms with Gasteiger partial charge in [-0.15, -0.1) is 0 Å². The van der Waals surface area contributed by atoms with Crippen molar-refractivity contribution in [3.8, 4) is 0 Å². The molecule has 4 N–H and O–H groups in total. The van der Waals surface area contributed by atoms with E-state index in [1.807, 2.05) is 6.07 Å². The molecule has 1 atom stereocenters. The molecule has 7 heteroatoms. The molecule has 2 aromatic carbocycles. The van der Waals surface area contributed by atoms with E-state index in [0.717, 1.165) is 0 Å². The van der Waals surface area contributed by atoms with Crippen molar-refractivity contribution in [3.05, 3.63) is 65.2 Å². The van der Waals surface area contributed by atoms with Crippen molar-refractivity contribution < 1.29 is 19.6 Å². The third-order valence-corrected chi connectivity index (χ3v) is 3.56. The number of anilines is 1. The maximum absolute atomic E-state index is 12.4. The summed E-state index contributed by atoms with van der Waals surface area (Å²) in [6.07, 6.45) is 0. The van der Waals surface area contributed by atoms with Crippen LogP contribution in [0.2, 0.25) is 0 Å². The molecule has 1 aliphatic rings. The first-order valence-corrected chi connectivity index (χ1v) is 6.85. The van der Waals surface area contributed by atoms with Gasteiger partial charge in [0.25, 0.3) is 17.7 Å². The molecule has 0 spiro atoms. The summed E-state index contributed by atoms with van der Waals surface area (Å²) in [6, 6.07) is 12.2. The Balaban J connectivity index is 1.99. The van der Waals surface area contributed by atoms with Crippen LogP contribution in [-0.2, 0) is 4.79 Å². The first-order valence-electron chi connectivity index (χ1n) is 6.85. The maximum atomic E-state index is 12.4. The Morgan fingerprint density at radius 2 is 1.83 bits per heavy atom. The lowest BCUT2D eigenvalue weighted by Gasteiger charge is -2.14. The van der Waals surface area contributed by atoms with Crippen molar-refractivity contribution in [2.24, 2.45) is 0 Å². The van der Waals surface area contributed by atoms with E-state index in [9.17, 15) is 14.4 Å². The van der Waals surface area contributed by atoms with Gasteiger partial charge in [-0.3, -0.25) is 19.6 Å². The van der Waals surface area contributed by atoms with Gasteiger partial charge in [-0.25, -0.2) is 5.48 Å². The number of carbonyl (C=O) groups is 3. The fourth-order valence-electron chi connectivity index (χ4n) is 2.41. The number of rotatable bonds is 2. The van der Waals surface area contributed by atoms with E-state index in [0.29, 0.717) is 5.56 Å². The van der Waals surface area contributed by atoms with Crippen LogP contribution in [0.25, 0.3) is 0 Å². The van der Waals surface area contributed by atoms with Crippen LogP contribution in [0.1, 0.15) is 32.3 Å². The van der Waals surface area contributed by atoms with E-state index in [1.165, 1.54) is 23.7 Å². The summed E-state index contributed by atoms with van der Waals surface area (Å²) in [5.74, 6) is -1.57. The second kappa shape index (κ2) is 5.90. The van der Waals surface area contributed by atoms with Gasteiger partial charge in [0.05, 0.1) is 11.3 Å². The Labute approximate surface area is 131 Å². The first kappa shape index (κ1) is 14.7. The minimum Gasteiger partial charge on any atom is -0.336 e. The highest BCUT2D eigenvalue weighted by Crippen LogP contribution is 2.25. The quantitative estimate of drug-likeness (QED) is 0.494. The average molecular weight is 311 g/mol. The molecule has 2 aromatic rings. The minimum absolute atomic E-state index is 0.123. The number of hydrogen-bond donors (Lipinski definition) is 4. The average Bonchev–Trinajstić information content (AvgIpc) is 2.71. The summed E-state index contributed by atoms with van der Waals surface area (Å²) >= 11 is 0. The number of fused-ring (bicyclic) bond motifs is 1. The maximum Gasteiger partial charge on any atom is 0.274 e. The van der Waals surface area contributed by atoms with Crippen LogP contribution >= 0.6 is 0 Å². The van der Waals surface area contributed by atoms with Crippen LogP contribution < -0.4 is 16.1 Å². The molecule has 0 bridgehead atoms. The Bertz CT molecular complexity index is 789. The zero-order chi connectivity index (χ0) is 16.4. The monoisotopic (exact) mass is 311 g/mol.